The van der Waals surface area contributed by atoms with E-state index in [2.05, 4.69) is 29.3 Å². The number of halogens is 1. The molecule has 88 valence electrons. The van der Waals surface area contributed by atoms with Crippen molar-refractivity contribution in [1.29, 1.82) is 0 Å². The molecule has 1 aromatic rings. The molecule has 0 saturated heterocycles. The van der Waals surface area contributed by atoms with E-state index < -0.39 is 0 Å². The van der Waals surface area contributed by atoms with Gasteiger partial charge in [0.15, 0.2) is 0 Å². The van der Waals surface area contributed by atoms with E-state index in [0.717, 1.165) is 12.2 Å². The van der Waals surface area contributed by atoms with Crippen molar-refractivity contribution < 1.29 is 0 Å². The van der Waals surface area contributed by atoms with Crippen molar-refractivity contribution in [2.24, 2.45) is 0 Å². The maximum Gasteiger partial charge on any atom is 0.131 e. The van der Waals surface area contributed by atoms with E-state index in [0.29, 0.717) is 10.7 Å². The average molecular weight is 240 g/mol. The predicted octanol–water partition coefficient (Wildman–Crippen LogP) is 2.63. The van der Waals surface area contributed by atoms with E-state index in [1.165, 1.54) is 19.3 Å². The Hall–Kier alpha value is -0.800. The summed E-state index contributed by atoms with van der Waals surface area (Å²) in [5.41, 5.74) is 1.38. The monoisotopic (exact) mass is 239 g/mol. The fraction of sp³-hybridized carbons (Fsp3) is 0.583. The minimum absolute atomic E-state index is 0.329. The van der Waals surface area contributed by atoms with E-state index in [1.54, 1.807) is 6.20 Å². The Balaban J connectivity index is 1.96. The third-order valence-electron chi connectivity index (χ3n) is 3.58. The zero-order valence-electron chi connectivity index (χ0n) is 9.83. The van der Waals surface area contributed by atoms with Gasteiger partial charge in [-0.3, -0.25) is 0 Å². The first-order valence-electron chi connectivity index (χ1n) is 5.65. The lowest BCUT2D eigenvalue weighted by atomic mass is 9.75. The van der Waals surface area contributed by atoms with Crippen molar-refractivity contribution in [2.45, 2.75) is 24.8 Å². The summed E-state index contributed by atoms with van der Waals surface area (Å²) < 4.78 is 0. The first-order chi connectivity index (χ1) is 7.62. The van der Waals surface area contributed by atoms with Crippen LogP contribution in [0.5, 0.6) is 0 Å². The van der Waals surface area contributed by atoms with Crippen molar-refractivity contribution in [2.75, 3.05) is 26.0 Å². The van der Waals surface area contributed by atoms with Gasteiger partial charge in [-0.05, 0) is 45.5 Å². The van der Waals surface area contributed by atoms with E-state index in [1.807, 2.05) is 12.1 Å². The van der Waals surface area contributed by atoms with E-state index >= 15 is 0 Å². The molecular formula is C12H18ClN3. The Morgan fingerprint density at radius 2 is 2.25 bits per heavy atom. The highest BCUT2D eigenvalue weighted by Gasteiger charge is 2.38. The van der Waals surface area contributed by atoms with Gasteiger partial charge < -0.3 is 10.2 Å². The smallest absolute Gasteiger partial charge is 0.131 e. The molecule has 0 radical (unpaired) electrons. The van der Waals surface area contributed by atoms with Crippen molar-refractivity contribution in [3.63, 3.8) is 0 Å². The lowest BCUT2D eigenvalue weighted by Crippen LogP contribution is -2.54. The number of pyridine rings is 1. The fourth-order valence-corrected chi connectivity index (χ4v) is 2.32. The second-order valence-corrected chi connectivity index (χ2v) is 5.08. The average Bonchev–Trinajstić information content (AvgIpc) is 2.15. The third-order valence-corrected chi connectivity index (χ3v) is 3.79. The first kappa shape index (κ1) is 11.7. The van der Waals surface area contributed by atoms with E-state index in [-0.39, 0.29) is 0 Å². The van der Waals surface area contributed by atoms with Crippen LogP contribution < -0.4 is 5.32 Å². The molecule has 1 N–H and O–H groups in total. The molecule has 0 amide bonds. The SMILES string of the molecule is CN(C)C1(CNc2ccnc(Cl)c2)CCC1. The molecule has 1 fully saturated rings. The second-order valence-electron chi connectivity index (χ2n) is 4.69. The molecule has 1 heterocycles. The molecule has 1 aliphatic rings. The summed E-state index contributed by atoms with van der Waals surface area (Å²) in [6, 6.07) is 3.82. The second kappa shape index (κ2) is 4.60. The van der Waals surface area contributed by atoms with Gasteiger partial charge in [0, 0.05) is 24.0 Å². The van der Waals surface area contributed by atoms with Gasteiger partial charge in [-0.15, -0.1) is 0 Å². The van der Waals surface area contributed by atoms with Crippen LogP contribution in [0, 0.1) is 0 Å². The first-order valence-corrected chi connectivity index (χ1v) is 6.03. The lowest BCUT2D eigenvalue weighted by Gasteiger charge is -2.47. The summed E-state index contributed by atoms with van der Waals surface area (Å²) in [6.45, 7) is 0.973. The largest absolute Gasteiger partial charge is 0.383 e. The summed E-state index contributed by atoms with van der Waals surface area (Å²) in [5, 5.41) is 3.98. The van der Waals surface area contributed by atoms with Crippen LogP contribution in [0.1, 0.15) is 19.3 Å². The standard InChI is InChI=1S/C12H18ClN3/c1-16(2)12(5-3-6-12)9-15-10-4-7-14-11(13)8-10/h4,7-8H,3,5-6,9H2,1-2H3,(H,14,15). The van der Waals surface area contributed by atoms with Crippen molar-refractivity contribution in [3.8, 4) is 0 Å². The molecule has 0 unspecified atom stereocenters. The van der Waals surface area contributed by atoms with Gasteiger partial charge in [0.05, 0.1) is 0 Å². The minimum Gasteiger partial charge on any atom is -0.383 e. The molecule has 1 aromatic heterocycles. The topological polar surface area (TPSA) is 28.2 Å². The van der Waals surface area contributed by atoms with Crippen LogP contribution in [-0.4, -0.2) is 36.1 Å². The predicted molar refractivity (Wildman–Crippen MR) is 68.0 cm³/mol. The normalized spacial score (nSPS) is 18.2. The Morgan fingerprint density at radius 3 is 2.75 bits per heavy atom. The summed E-state index contributed by atoms with van der Waals surface area (Å²) in [4.78, 5) is 6.29. The number of nitrogens with one attached hydrogen (secondary N) is 1. The molecule has 1 aliphatic carbocycles. The van der Waals surface area contributed by atoms with Gasteiger partial charge in [-0.2, -0.15) is 0 Å². The zero-order valence-corrected chi connectivity index (χ0v) is 10.6. The van der Waals surface area contributed by atoms with Crippen molar-refractivity contribution in [3.05, 3.63) is 23.5 Å². The Morgan fingerprint density at radius 1 is 1.50 bits per heavy atom. The molecule has 2 rings (SSSR count). The summed E-state index contributed by atoms with van der Waals surface area (Å²) >= 11 is 5.84. The maximum absolute atomic E-state index is 5.84. The lowest BCUT2D eigenvalue weighted by molar-refractivity contribution is 0.0739. The summed E-state index contributed by atoms with van der Waals surface area (Å²) in [5.74, 6) is 0. The van der Waals surface area contributed by atoms with Crippen LogP contribution in [0.3, 0.4) is 0 Å². The van der Waals surface area contributed by atoms with Gasteiger partial charge in [-0.1, -0.05) is 11.6 Å². The van der Waals surface area contributed by atoms with Crippen molar-refractivity contribution in [1.82, 2.24) is 9.88 Å². The number of anilines is 1. The molecule has 1 saturated carbocycles. The molecule has 16 heavy (non-hydrogen) atoms. The molecule has 0 aromatic carbocycles. The summed E-state index contributed by atoms with van der Waals surface area (Å²) in [7, 11) is 4.31. The number of nitrogens with zero attached hydrogens (tertiary/aromatic N) is 2. The summed E-state index contributed by atoms with van der Waals surface area (Å²) in [6.07, 6.45) is 5.60. The van der Waals surface area contributed by atoms with Gasteiger partial charge in [0.1, 0.15) is 5.15 Å². The Bertz CT molecular complexity index is 361. The van der Waals surface area contributed by atoms with Crippen LogP contribution in [0.2, 0.25) is 5.15 Å². The van der Waals surface area contributed by atoms with Crippen LogP contribution >= 0.6 is 11.6 Å². The quantitative estimate of drug-likeness (QED) is 0.819. The molecule has 0 spiro atoms. The van der Waals surface area contributed by atoms with Gasteiger partial charge in [-0.25, -0.2) is 4.98 Å². The molecule has 4 heteroatoms. The van der Waals surface area contributed by atoms with Crippen molar-refractivity contribution >= 4 is 17.3 Å². The number of hydrogen-bond acceptors (Lipinski definition) is 3. The molecule has 0 atom stereocenters. The van der Waals surface area contributed by atoms with Gasteiger partial charge in [0.25, 0.3) is 0 Å². The van der Waals surface area contributed by atoms with Gasteiger partial charge in [0.2, 0.25) is 0 Å². The van der Waals surface area contributed by atoms with Crippen LogP contribution in [0.15, 0.2) is 18.3 Å². The van der Waals surface area contributed by atoms with E-state index in [4.69, 9.17) is 11.6 Å². The third kappa shape index (κ3) is 2.30. The van der Waals surface area contributed by atoms with Gasteiger partial charge >= 0.3 is 0 Å². The number of likely N-dealkylation sites (N-methyl/N-ethyl adjacent to an activating group) is 1. The number of aromatic nitrogens is 1. The minimum atomic E-state index is 0.329. The highest BCUT2D eigenvalue weighted by molar-refractivity contribution is 6.29. The van der Waals surface area contributed by atoms with Crippen LogP contribution in [0.25, 0.3) is 0 Å². The van der Waals surface area contributed by atoms with Crippen LogP contribution in [0.4, 0.5) is 5.69 Å². The Kier molecular flexibility index (Phi) is 3.36. The van der Waals surface area contributed by atoms with Crippen LogP contribution in [-0.2, 0) is 0 Å². The molecule has 0 aliphatic heterocycles. The highest BCUT2D eigenvalue weighted by atomic mass is 35.5. The fourth-order valence-electron chi connectivity index (χ4n) is 2.15. The number of hydrogen-bond donors (Lipinski definition) is 1. The van der Waals surface area contributed by atoms with E-state index in [9.17, 15) is 0 Å². The Labute approximate surface area is 102 Å². The molecule has 3 nitrogen and oxygen atoms in total. The molecular weight excluding hydrogens is 222 g/mol. The zero-order chi connectivity index (χ0) is 11.6. The number of rotatable bonds is 4. The molecule has 0 bridgehead atoms. The maximum atomic E-state index is 5.84. The highest BCUT2D eigenvalue weighted by Crippen LogP contribution is 2.36.